The number of allylic oxidation sites excluding steroid dienone is 12. The van der Waals surface area contributed by atoms with Gasteiger partial charge in [-0.15, -0.1) is 0 Å². The Labute approximate surface area is 545 Å². The number of aliphatic hydroxyl groups excluding tert-OH is 2. The molecule has 0 aliphatic heterocycles. The van der Waals surface area contributed by atoms with Gasteiger partial charge in [0.05, 0.1) is 12.2 Å². The van der Waals surface area contributed by atoms with Gasteiger partial charge in [0.2, 0.25) is 0 Å². The largest absolute Gasteiger partial charge is 0.393 e. The highest BCUT2D eigenvalue weighted by Gasteiger charge is 2.61. The van der Waals surface area contributed by atoms with Gasteiger partial charge in [-0.25, -0.2) is 0 Å². The molecule has 0 heterocycles. The van der Waals surface area contributed by atoms with Crippen LogP contribution in [0.5, 0.6) is 0 Å². The highest BCUT2D eigenvalue weighted by Crippen LogP contribution is 2.69. The van der Waals surface area contributed by atoms with Crippen molar-refractivity contribution < 1.29 is 24.6 Å². The quantitative estimate of drug-likeness (QED) is 0.236. The van der Waals surface area contributed by atoms with Crippen LogP contribution in [0.15, 0.2) is 69.9 Å². The Morgan fingerprint density at radius 2 is 0.697 bits per heavy atom. The average molecular weight is 1220 g/mol. The van der Waals surface area contributed by atoms with Crippen molar-refractivity contribution in [1.29, 1.82) is 0 Å². The monoisotopic (exact) mass is 1220 g/mol. The van der Waals surface area contributed by atoms with E-state index in [1.54, 1.807) is 27.9 Å². The highest BCUT2D eigenvalue weighted by molar-refractivity contribution is 5.88. The number of Topliss-reactive ketones (excluding diaryl/α,β-unsaturated/α-hetero) is 3. The number of rotatable bonds is 0. The first kappa shape index (κ1) is 69.2. The zero-order chi connectivity index (χ0) is 60.7. The van der Waals surface area contributed by atoms with Crippen LogP contribution in [-0.4, -0.2) is 39.8 Å². The van der Waals surface area contributed by atoms with Crippen LogP contribution in [-0.2, 0) is 14.4 Å². The van der Waals surface area contributed by atoms with Gasteiger partial charge in [0.1, 0.15) is 17.3 Å². The van der Waals surface area contributed by atoms with Crippen molar-refractivity contribution in [1.82, 2.24) is 0 Å². The molecule has 5 nitrogen and oxygen atoms in total. The van der Waals surface area contributed by atoms with E-state index < -0.39 is 0 Å². The zero-order valence-electron chi connectivity index (χ0n) is 56.4. The Balaban J connectivity index is 0.000000129. The Hall–Kier alpha value is -2.63. The predicted octanol–water partition coefficient (Wildman–Crippen LogP) is 21.7. The number of ketones is 3. The predicted molar refractivity (Wildman–Crippen MR) is 371 cm³/mol. The van der Waals surface area contributed by atoms with Crippen molar-refractivity contribution in [3.05, 3.63) is 69.9 Å². The second-order valence-corrected chi connectivity index (χ2v) is 35.4. The lowest BCUT2D eigenvalue weighted by Crippen LogP contribution is -2.48. The summed E-state index contributed by atoms with van der Waals surface area (Å²) in [5.74, 6) is 11.3. The molecule has 0 bridgehead atoms. The van der Waals surface area contributed by atoms with Gasteiger partial charge in [0, 0.05) is 36.5 Å². The number of fused-ring (bicyclic) bond motifs is 20. The first-order valence-corrected chi connectivity index (χ1v) is 37.0. The van der Waals surface area contributed by atoms with Crippen LogP contribution in [0.1, 0.15) is 304 Å². The molecule has 23 atom stereocenters. The fraction of sp³-hybridized carbons (Fsp3) is 0.821. The molecule has 16 rings (SSSR count). The van der Waals surface area contributed by atoms with Crippen molar-refractivity contribution >= 4 is 17.3 Å². The maximum absolute atomic E-state index is 12.3. The van der Waals surface area contributed by atoms with Gasteiger partial charge in [-0.3, -0.25) is 14.4 Å². The van der Waals surface area contributed by atoms with Gasteiger partial charge < -0.3 is 10.2 Å². The van der Waals surface area contributed by atoms with Crippen molar-refractivity contribution in [3.8, 4) is 0 Å². The first-order chi connectivity index (χ1) is 40.9. The molecule has 2 N–H and O–H groups in total. The van der Waals surface area contributed by atoms with Gasteiger partial charge in [0.25, 0.3) is 0 Å². The van der Waals surface area contributed by atoms with E-state index in [0.717, 1.165) is 131 Å². The van der Waals surface area contributed by atoms with E-state index >= 15 is 0 Å². The molecule has 0 aromatic carbocycles. The van der Waals surface area contributed by atoms with Crippen molar-refractivity contribution in [2.24, 2.45) is 120 Å². The molecule has 12 saturated carbocycles. The van der Waals surface area contributed by atoms with E-state index in [1.165, 1.54) is 116 Å². The summed E-state index contributed by atoms with van der Waals surface area (Å²) in [6.45, 7) is 26.5. The summed E-state index contributed by atoms with van der Waals surface area (Å²) in [5.41, 5.74) is 12.8. The van der Waals surface area contributed by atoms with Crippen LogP contribution >= 0.6 is 0 Å². The van der Waals surface area contributed by atoms with Gasteiger partial charge in [0.15, 0.2) is 0 Å². The van der Waals surface area contributed by atoms with Crippen LogP contribution in [0.2, 0.25) is 0 Å². The van der Waals surface area contributed by atoms with E-state index in [4.69, 9.17) is 0 Å². The second kappa shape index (κ2) is 25.2. The number of carbonyl (C=O) groups is 3. The molecular formula is C84H132O5. The van der Waals surface area contributed by atoms with E-state index in [0.29, 0.717) is 79.9 Å². The van der Waals surface area contributed by atoms with Gasteiger partial charge in [-0.1, -0.05) is 154 Å². The molecule has 0 amide bonds. The molecule has 5 heteroatoms. The van der Waals surface area contributed by atoms with Crippen LogP contribution < -0.4 is 0 Å². The van der Waals surface area contributed by atoms with E-state index in [9.17, 15) is 24.6 Å². The van der Waals surface area contributed by atoms with Crippen molar-refractivity contribution in [3.63, 3.8) is 0 Å². The molecule has 0 spiro atoms. The minimum atomic E-state index is -0.0815. The minimum absolute atomic E-state index is 0. The molecule has 89 heavy (non-hydrogen) atoms. The number of hydrogen-bond acceptors (Lipinski definition) is 5. The first-order valence-electron chi connectivity index (χ1n) is 37.0. The van der Waals surface area contributed by atoms with E-state index in [1.807, 2.05) is 5.57 Å². The molecule has 16 aliphatic carbocycles. The summed E-state index contributed by atoms with van der Waals surface area (Å²) in [4.78, 5) is 36.5. The molecular weight excluding hydrogens is 1090 g/mol. The van der Waals surface area contributed by atoms with Crippen LogP contribution in [0.25, 0.3) is 0 Å². The topological polar surface area (TPSA) is 91.7 Å². The zero-order valence-corrected chi connectivity index (χ0v) is 56.4. The molecule has 498 valence electrons. The SMILES string of the molecule is C.C.C.C/C=C1/CCC2C3CC[C@@H]4C[C@H](C)CC[C@]4(C)C3=CC[C@]12C.C/C=C1/CCC2C3CC[C@@H]4C[C@H](O)CC[C@]4(C)C3=CC[C@]12C.C[C@]12CC=C3C(CC[C@@H]4CC(=O)CC[C@]34C)C1CCC2=O.C[C@]12CC=C3C(CC[C@@H]4C[C@H](O)CC[C@]34C)C1CCC2=O. The third kappa shape index (κ3) is 10.9. The number of aliphatic hydroxyl groups is 2. The standard InChI is InChI=1S/C22H34.C21H32O.C19H28O2.C19H26O2.3CH4/c1-5-16-7-9-19-18-8-6-17-14-15(2)10-12-22(17,4)20(18)11-13-21(16,19)3;1-4-14-6-8-18-17-7-5-15-13-16(22)9-11-21(15,3)19(17)10-12-20(14,18)2;2*1-18-9-7-13(20)11-12(18)3-4-14-15-5-6-17(21)19(15,2)10-8-16(14)18;;;/h5,11,15,17-19H,6-10,12-14H2,1-4H3;4,10,15-18,22H,5-9,11-13H2,1-3H3;8,12-15,20H,3-7,9-11H2,1-2H3;8,12,14-15H,3-7,9-11H2,1-2H3;3*1H4/b16-5-;14-4-;;;;;/t15-,17-,18?,19?,21-,22+;15-,16-,17?,18?,20-,21+;12-,13-,14?,15?,18+,19+;12-,14?,15?,18+,19+;;;/m1111.../s1. The molecule has 12 fully saturated rings. The van der Waals surface area contributed by atoms with Crippen molar-refractivity contribution in [2.75, 3.05) is 0 Å². The van der Waals surface area contributed by atoms with Gasteiger partial charge in [-0.2, -0.15) is 0 Å². The van der Waals surface area contributed by atoms with Crippen molar-refractivity contribution in [2.45, 2.75) is 316 Å². The fourth-order valence-electron chi connectivity index (χ4n) is 26.3. The Morgan fingerprint density at radius 1 is 0.371 bits per heavy atom. The molecule has 0 aromatic rings. The third-order valence-electron chi connectivity index (χ3n) is 31.9. The Kier molecular flexibility index (Phi) is 19.6. The van der Waals surface area contributed by atoms with Crippen LogP contribution in [0.4, 0.5) is 0 Å². The highest BCUT2D eigenvalue weighted by atomic mass is 16.3. The van der Waals surface area contributed by atoms with Gasteiger partial charge >= 0.3 is 0 Å². The summed E-state index contributed by atoms with van der Waals surface area (Å²) < 4.78 is 0. The lowest BCUT2D eigenvalue weighted by Gasteiger charge is -2.56. The van der Waals surface area contributed by atoms with E-state index in [2.05, 4.69) is 113 Å². The molecule has 0 radical (unpaired) electrons. The summed E-state index contributed by atoms with van der Waals surface area (Å²) >= 11 is 0. The maximum atomic E-state index is 12.3. The lowest BCUT2D eigenvalue weighted by atomic mass is 9.48. The van der Waals surface area contributed by atoms with Crippen LogP contribution in [0.3, 0.4) is 0 Å². The summed E-state index contributed by atoms with van der Waals surface area (Å²) in [7, 11) is 0. The molecule has 8 unspecified atom stereocenters. The molecule has 16 aliphatic rings. The lowest BCUT2D eigenvalue weighted by molar-refractivity contribution is -0.128. The smallest absolute Gasteiger partial charge is 0.139 e. The van der Waals surface area contributed by atoms with Gasteiger partial charge in [-0.05, 0) is 303 Å². The molecule has 0 aromatic heterocycles. The summed E-state index contributed by atoms with van der Waals surface area (Å²) in [5, 5.41) is 20.1. The number of carbonyl (C=O) groups excluding carboxylic acids is 3. The second-order valence-electron chi connectivity index (χ2n) is 35.4. The Bertz CT molecular complexity index is 2780. The average Bonchev–Trinajstić information content (AvgIpc) is 1.82. The summed E-state index contributed by atoms with van der Waals surface area (Å²) in [6, 6.07) is 0. The van der Waals surface area contributed by atoms with Crippen LogP contribution in [0, 0.1) is 120 Å². The number of hydrogen-bond donors (Lipinski definition) is 2. The summed E-state index contributed by atoms with van der Waals surface area (Å²) in [6.07, 6.45) is 52.7. The Morgan fingerprint density at radius 3 is 1.09 bits per heavy atom. The normalized spacial score (nSPS) is 50.1. The molecule has 0 saturated heterocycles. The fourth-order valence-corrected chi connectivity index (χ4v) is 26.3. The third-order valence-corrected chi connectivity index (χ3v) is 31.9. The minimum Gasteiger partial charge on any atom is -0.393 e. The van der Waals surface area contributed by atoms with E-state index in [-0.39, 0.29) is 50.7 Å². The maximum Gasteiger partial charge on any atom is 0.139 e.